The van der Waals surface area contributed by atoms with Crippen LogP contribution in [0.4, 0.5) is 0 Å². The molecule has 0 aliphatic heterocycles. The molecule has 3 aromatic rings. The summed E-state index contributed by atoms with van der Waals surface area (Å²) < 4.78 is 4.72. The van der Waals surface area contributed by atoms with E-state index in [1.165, 1.54) is 30.0 Å². The first-order valence-electron chi connectivity index (χ1n) is 9.19. The predicted molar refractivity (Wildman–Crippen MR) is 109 cm³/mol. The van der Waals surface area contributed by atoms with Gasteiger partial charge in [-0.15, -0.1) is 0 Å². The Bertz CT molecular complexity index is 900. The van der Waals surface area contributed by atoms with Crippen LogP contribution in [0.3, 0.4) is 0 Å². The normalized spacial score (nSPS) is 13.3. The Morgan fingerprint density at radius 2 is 1.19 bits per heavy atom. The van der Waals surface area contributed by atoms with Crippen molar-refractivity contribution in [1.82, 2.24) is 0 Å². The number of benzene rings is 3. The molecule has 3 aromatic carbocycles. The zero-order valence-corrected chi connectivity index (χ0v) is 16.9. The SMILES string of the molecule is Cc1cc[c]([Ti]([C]2=C(c3ccccc3)C=CC2)[c]2ccc(C)cc2)cc1. The first-order valence-corrected chi connectivity index (χ1v) is 11.5. The first-order chi connectivity index (χ1) is 12.7. The van der Waals surface area contributed by atoms with Gasteiger partial charge in [-0.1, -0.05) is 0 Å². The molecule has 0 nitrogen and oxygen atoms in total. The van der Waals surface area contributed by atoms with Crippen molar-refractivity contribution >= 4 is 13.3 Å². The summed E-state index contributed by atoms with van der Waals surface area (Å²) in [5.74, 6) is 0. The molecule has 0 atom stereocenters. The molecule has 0 N–H and O–H groups in total. The van der Waals surface area contributed by atoms with Gasteiger partial charge in [-0.3, -0.25) is 0 Å². The molecule has 0 aromatic heterocycles. The molecule has 0 amide bonds. The molecule has 0 spiro atoms. The minimum absolute atomic E-state index is 1.08. The van der Waals surface area contributed by atoms with Crippen molar-refractivity contribution in [2.75, 3.05) is 0 Å². The summed E-state index contributed by atoms with van der Waals surface area (Å²) in [4.78, 5) is 0. The van der Waals surface area contributed by atoms with E-state index < -0.39 is 17.9 Å². The maximum atomic E-state index is 2.36. The second-order valence-corrected chi connectivity index (χ2v) is 10.9. The van der Waals surface area contributed by atoms with Crippen molar-refractivity contribution < 1.29 is 17.9 Å². The van der Waals surface area contributed by atoms with Gasteiger partial charge in [0.1, 0.15) is 0 Å². The van der Waals surface area contributed by atoms with E-state index in [0.717, 1.165) is 6.42 Å². The van der Waals surface area contributed by atoms with Crippen LogP contribution in [0.15, 0.2) is 94.9 Å². The maximum absolute atomic E-state index is 2.36. The molecule has 127 valence electrons. The van der Waals surface area contributed by atoms with Crippen molar-refractivity contribution in [3.8, 4) is 0 Å². The summed E-state index contributed by atoms with van der Waals surface area (Å²) >= 11 is -1.80. The van der Waals surface area contributed by atoms with Crippen molar-refractivity contribution in [3.63, 3.8) is 0 Å². The van der Waals surface area contributed by atoms with Crippen molar-refractivity contribution in [2.24, 2.45) is 0 Å². The molecule has 0 bridgehead atoms. The minimum atomic E-state index is -1.80. The number of hydrogen-bond acceptors (Lipinski definition) is 0. The Labute approximate surface area is 162 Å². The molecule has 0 saturated carbocycles. The molecule has 1 aliphatic rings. The van der Waals surface area contributed by atoms with Crippen LogP contribution in [0.5, 0.6) is 0 Å². The summed E-state index contributed by atoms with van der Waals surface area (Å²) in [6.45, 7) is 4.34. The Morgan fingerprint density at radius 1 is 0.654 bits per heavy atom. The van der Waals surface area contributed by atoms with Gasteiger partial charge < -0.3 is 0 Å². The van der Waals surface area contributed by atoms with Crippen LogP contribution in [0.1, 0.15) is 23.1 Å². The molecule has 0 heterocycles. The van der Waals surface area contributed by atoms with Gasteiger partial charge in [0.2, 0.25) is 0 Å². The fraction of sp³-hybridized carbons (Fsp3) is 0.120. The molecular formula is C25H23Ti. The second kappa shape index (κ2) is 7.62. The third kappa shape index (κ3) is 3.53. The Morgan fingerprint density at radius 3 is 1.73 bits per heavy atom. The molecule has 0 fully saturated rings. The molecule has 0 saturated heterocycles. The zero-order chi connectivity index (χ0) is 17.9. The van der Waals surface area contributed by atoms with E-state index in [4.69, 9.17) is 0 Å². The van der Waals surface area contributed by atoms with Crippen LogP contribution in [0, 0.1) is 13.8 Å². The van der Waals surface area contributed by atoms with Gasteiger partial charge >= 0.3 is 163 Å². The van der Waals surface area contributed by atoms with Gasteiger partial charge in [-0.05, 0) is 0 Å². The van der Waals surface area contributed by atoms with E-state index in [1.54, 1.807) is 3.88 Å². The number of allylic oxidation sites excluding steroid dienone is 4. The van der Waals surface area contributed by atoms with E-state index in [9.17, 15) is 0 Å². The van der Waals surface area contributed by atoms with Crippen LogP contribution in [-0.4, -0.2) is 0 Å². The van der Waals surface area contributed by atoms with Gasteiger partial charge in [-0.25, -0.2) is 0 Å². The van der Waals surface area contributed by atoms with E-state index in [1.807, 2.05) is 0 Å². The summed E-state index contributed by atoms with van der Waals surface area (Å²) in [6, 6.07) is 29.4. The van der Waals surface area contributed by atoms with E-state index in [2.05, 4.69) is 105 Å². The van der Waals surface area contributed by atoms with Crippen molar-refractivity contribution in [2.45, 2.75) is 20.3 Å². The fourth-order valence-electron chi connectivity index (χ4n) is 3.59. The van der Waals surface area contributed by atoms with E-state index in [-0.39, 0.29) is 0 Å². The van der Waals surface area contributed by atoms with Crippen molar-refractivity contribution in [1.29, 1.82) is 0 Å². The van der Waals surface area contributed by atoms with Crippen LogP contribution >= 0.6 is 0 Å². The molecule has 1 heteroatoms. The standard InChI is InChI=1S/C11H9.2C7H7.Ti/c1-2-6-10(7-3-1)11-8-4-5-9-11;2*1-7-5-3-2-4-6-7;/h1-4,6-8H,5H2;2*3-6H,1H3;. The van der Waals surface area contributed by atoms with Crippen LogP contribution < -0.4 is 7.74 Å². The predicted octanol–water partition coefficient (Wildman–Crippen LogP) is 5.24. The average Bonchev–Trinajstić information content (AvgIpc) is 3.15. The molecule has 0 unspecified atom stereocenters. The number of rotatable bonds is 4. The molecule has 26 heavy (non-hydrogen) atoms. The summed E-state index contributed by atoms with van der Waals surface area (Å²) in [6.07, 6.45) is 5.76. The van der Waals surface area contributed by atoms with Gasteiger partial charge in [-0.2, -0.15) is 0 Å². The Hall–Kier alpha value is -2.15. The van der Waals surface area contributed by atoms with E-state index >= 15 is 0 Å². The zero-order valence-electron chi connectivity index (χ0n) is 15.4. The van der Waals surface area contributed by atoms with Gasteiger partial charge in [0.05, 0.1) is 0 Å². The molecular weight excluding hydrogens is 348 g/mol. The summed E-state index contributed by atoms with van der Waals surface area (Å²) in [5, 5.41) is 0. The number of hydrogen-bond donors (Lipinski definition) is 0. The van der Waals surface area contributed by atoms with Crippen molar-refractivity contribution in [3.05, 3.63) is 112 Å². The second-order valence-electron chi connectivity index (χ2n) is 6.97. The third-order valence-corrected chi connectivity index (χ3v) is 9.52. The quantitative estimate of drug-likeness (QED) is 0.550. The first kappa shape index (κ1) is 17.3. The summed E-state index contributed by atoms with van der Waals surface area (Å²) in [7, 11) is 0. The Kier molecular flexibility index (Phi) is 5.06. The van der Waals surface area contributed by atoms with Gasteiger partial charge in [0.15, 0.2) is 0 Å². The average molecular weight is 371 g/mol. The molecule has 4 rings (SSSR count). The summed E-state index contributed by atoms with van der Waals surface area (Å²) in [5.41, 5.74) is 5.45. The van der Waals surface area contributed by atoms with Crippen LogP contribution in [0.25, 0.3) is 5.57 Å². The fourth-order valence-corrected chi connectivity index (χ4v) is 8.03. The number of aryl methyl sites for hydroxylation is 2. The van der Waals surface area contributed by atoms with E-state index in [0.29, 0.717) is 0 Å². The topological polar surface area (TPSA) is 0 Å². The Balaban J connectivity index is 1.87. The van der Waals surface area contributed by atoms with Gasteiger partial charge in [0.25, 0.3) is 0 Å². The van der Waals surface area contributed by atoms with Crippen LogP contribution in [-0.2, 0) is 17.9 Å². The third-order valence-electron chi connectivity index (χ3n) is 5.00. The molecule has 1 aliphatic carbocycles. The van der Waals surface area contributed by atoms with Crippen LogP contribution in [0.2, 0.25) is 0 Å². The van der Waals surface area contributed by atoms with Gasteiger partial charge in [0, 0.05) is 0 Å². The molecule has 0 radical (unpaired) electrons. The monoisotopic (exact) mass is 371 g/mol.